The number of rotatable bonds is 6. The van der Waals surface area contributed by atoms with Crippen molar-refractivity contribution in [2.75, 3.05) is 7.11 Å². The molecule has 128 valence electrons. The number of hydrogen-bond donors (Lipinski definition) is 0. The fourth-order valence-corrected chi connectivity index (χ4v) is 3.84. The molecular formula is C10H11F6O5P. The number of hydrogen-bond acceptors (Lipinski definition) is 5. The van der Waals surface area contributed by atoms with Crippen LogP contribution in [0.1, 0.15) is 19.8 Å². The first-order chi connectivity index (χ1) is 9.65. The summed E-state index contributed by atoms with van der Waals surface area (Å²) in [5.41, 5.74) is -6.75. The first kappa shape index (κ1) is 20.6. The number of alkyl halides is 6. The number of ether oxygens (including phenoxy) is 1. The van der Waals surface area contributed by atoms with Crippen LogP contribution < -0.4 is 0 Å². The van der Waals surface area contributed by atoms with Crippen molar-refractivity contribution in [2.45, 2.75) is 37.8 Å². The van der Waals surface area contributed by atoms with Crippen LogP contribution in [-0.2, 0) is 23.7 Å². The van der Waals surface area contributed by atoms with Gasteiger partial charge < -0.3 is 9.30 Å². The molecule has 0 heterocycles. The van der Waals surface area contributed by atoms with E-state index in [9.17, 15) is 45.3 Å². The van der Waals surface area contributed by atoms with E-state index in [0.29, 0.717) is 14.0 Å². The van der Waals surface area contributed by atoms with Crippen LogP contribution in [0.2, 0.25) is 0 Å². The van der Waals surface area contributed by atoms with Crippen LogP contribution in [-0.4, -0.2) is 42.1 Å². The van der Waals surface area contributed by atoms with E-state index in [2.05, 4.69) is 4.74 Å². The van der Waals surface area contributed by atoms with Gasteiger partial charge in [0, 0.05) is 0 Å². The van der Waals surface area contributed by atoms with Gasteiger partial charge >= 0.3 is 18.3 Å². The molecule has 0 aromatic rings. The zero-order valence-corrected chi connectivity index (χ0v) is 12.1. The Balaban J connectivity index is 5.78. The van der Waals surface area contributed by atoms with Crippen molar-refractivity contribution in [1.29, 1.82) is 0 Å². The second kappa shape index (κ2) is 6.80. The van der Waals surface area contributed by atoms with Gasteiger partial charge in [-0.3, -0.25) is 14.4 Å². The predicted molar refractivity (Wildman–Crippen MR) is 60.4 cm³/mol. The minimum absolute atomic E-state index is 0.606. The van der Waals surface area contributed by atoms with Gasteiger partial charge in [0.1, 0.15) is 18.5 Å². The second-order valence-corrected chi connectivity index (χ2v) is 7.32. The lowest BCUT2D eigenvalue weighted by Crippen LogP contribution is -2.31. The van der Waals surface area contributed by atoms with Crippen molar-refractivity contribution in [1.82, 2.24) is 0 Å². The fraction of sp³-hybridized carbons (Fsp3) is 0.700. The molecule has 0 rings (SSSR count). The van der Waals surface area contributed by atoms with Crippen LogP contribution in [0.5, 0.6) is 0 Å². The first-order valence-corrected chi connectivity index (χ1v) is 7.30. The van der Waals surface area contributed by atoms with Crippen molar-refractivity contribution in [2.24, 2.45) is 0 Å². The summed E-state index contributed by atoms with van der Waals surface area (Å²) < 4.78 is 89.5. The van der Waals surface area contributed by atoms with Crippen LogP contribution in [0.4, 0.5) is 26.3 Å². The number of esters is 1. The van der Waals surface area contributed by atoms with Crippen LogP contribution in [0.25, 0.3) is 0 Å². The standard InChI is InChI=1S/C10H11F6O5P/c1-5(8(19)21-2)22(20,6(17)3-9(11,12)13)7(18)4-10(14,15)16/h5H,3-4H2,1-2H3. The minimum atomic E-state index is -5.45. The maximum absolute atomic E-state index is 12.3. The quantitative estimate of drug-likeness (QED) is 0.416. The molecule has 0 aliphatic heterocycles. The van der Waals surface area contributed by atoms with Crippen molar-refractivity contribution in [3.8, 4) is 0 Å². The topological polar surface area (TPSA) is 77.5 Å². The molecule has 0 aliphatic rings. The fourth-order valence-electron chi connectivity index (χ4n) is 1.47. The molecule has 0 fully saturated rings. The van der Waals surface area contributed by atoms with Crippen LogP contribution in [0, 0.1) is 0 Å². The molecule has 5 nitrogen and oxygen atoms in total. The molecular weight excluding hydrogens is 345 g/mol. The Morgan fingerprint density at radius 1 is 0.955 bits per heavy atom. The maximum Gasteiger partial charge on any atom is 0.396 e. The van der Waals surface area contributed by atoms with Crippen LogP contribution in [0.15, 0.2) is 0 Å². The summed E-state index contributed by atoms with van der Waals surface area (Å²) in [5, 5.41) is 0. The lowest BCUT2D eigenvalue weighted by Gasteiger charge is -2.21. The van der Waals surface area contributed by atoms with Gasteiger partial charge in [-0.05, 0) is 6.92 Å². The summed E-state index contributed by atoms with van der Waals surface area (Å²) in [5.74, 6) is -1.52. The molecule has 0 radical (unpaired) electrons. The third kappa shape index (κ3) is 5.43. The highest BCUT2D eigenvalue weighted by molar-refractivity contribution is 7.95. The smallest absolute Gasteiger partial charge is 0.396 e. The monoisotopic (exact) mass is 356 g/mol. The highest BCUT2D eigenvalue weighted by Crippen LogP contribution is 2.56. The van der Waals surface area contributed by atoms with Gasteiger partial charge in [-0.15, -0.1) is 0 Å². The number of carbonyl (C=O) groups is 3. The summed E-state index contributed by atoms with van der Waals surface area (Å²) in [4.78, 5) is 34.2. The van der Waals surface area contributed by atoms with Gasteiger partial charge in [0.2, 0.25) is 18.2 Å². The summed E-state index contributed by atoms with van der Waals surface area (Å²) >= 11 is 0. The zero-order chi connectivity index (χ0) is 17.9. The number of carbonyl (C=O) groups excluding carboxylic acids is 3. The van der Waals surface area contributed by atoms with Crippen molar-refractivity contribution in [3.63, 3.8) is 0 Å². The molecule has 0 aromatic carbocycles. The van der Waals surface area contributed by atoms with Crippen LogP contribution in [0.3, 0.4) is 0 Å². The molecule has 0 amide bonds. The Bertz CT molecular complexity index is 477. The van der Waals surface area contributed by atoms with E-state index in [1.165, 1.54) is 0 Å². The van der Waals surface area contributed by atoms with Crippen molar-refractivity contribution >= 4 is 24.2 Å². The largest absolute Gasteiger partial charge is 0.468 e. The SMILES string of the molecule is COC(=O)C(C)P(=O)(C(=O)CC(F)(F)F)C(=O)CC(F)(F)F. The molecule has 0 spiro atoms. The third-order valence-electron chi connectivity index (χ3n) is 2.53. The third-order valence-corrected chi connectivity index (χ3v) is 5.63. The first-order valence-electron chi connectivity index (χ1n) is 5.53. The number of methoxy groups -OCH3 is 1. The molecule has 1 atom stereocenters. The van der Waals surface area contributed by atoms with Gasteiger partial charge in [-0.1, -0.05) is 0 Å². The average Bonchev–Trinajstić information content (AvgIpc) is 2.31. The summed E-state index contributed by atoms with van der Waals surface area (Å²) in [6.07, 6.45) is -15.1. The molecule has 0 bridgehead atoms. The van der Waals surface area contributed by atoms with E-state index < -0.39 is 55.0 Å². The lowest BCUT2D eigenvalue weighted by atomic mass is 10.4. The molecule has 0 saturated heterocycles. The predicted octanol–water partition coefficient (Wildman–Crippen LogP) is 2.87. The highest BCUT2D eigenvalue weighted by atomic mass is 31.2. The van der Waals surface area contributed by atoms with Gasteiger partial charge in [0.15, 0.2) is 0 Å². The molecule has 12 heteroatoms. The van der Waals surface area contributed by atoms with E-state index in [0.717, 1.165) is 0 Å². The van der Waals surface area contributed by atoms with Crippen molar-refractivity contribution < 1.29 is 50.0 Å². The Morgan fingerprint density at radius 2 is 1.27 bits per heavy atom. The minimum Gasteiger partial charge on any atom is -0.468 e. The maximum atomic E-state index is 12.3. The molecule has 22 heavy (non-hydrogen) atoms. The summed E-state index contributed by atoms with van der Waals surface area (Å²) in [6.45, 7) is 0.606. The van der Waals surface area contributed by atoms with Gasteiger partial charge in [-0.2, -0.15) is 26.3 Å². The van der Waals surface area contributed by atoms with Gasteiger partial charge in [-0.25, -0.2) is 0 Å². The Hall–Kier alpha value is -1.38. The second-order valence-electron chi connectivity index (χ2n) is 4.23. The lowest BCUT2D eigenvalue weighted by molar-refractivity contribution is -0.149. The molecule has 0 aromatic heterocycles. The van der Waals surface area contributed by atoms with E-state index in [4.69, 9.17) is 0 Å². The Labute approximate surface area is 120 Å². The van der Waals surface area contributed by atoms with E-state index in [1.807, 2.05) is 0 Å². The molecule has 0 aliphatic carbocycles. The normalized spacial score (nSPS) is 14.4. The van der Waals surface area contributed by atoms with Crippen molar-refractivity contribution in [3.05, 3.63) is 0 Å². The molecule has 0 N–H and O–H groups in total. The molecule has 1 unspecified atom stereocenters. The van der Waals surface area contributed by atoms with E-state index >= 15 is 0 Å². The van der Waals surface area contributed by atoms with Gasteiger partial charge in [0.25, 0.3) is 0 Å². The molecule has 0 saturated carbocycles. The summed E-state index contributed by atoms with van der Waals surface area (Å²) in [6, 6.07) is 0. The van der Waals surface area contributed by atoms with E-state index in [-0.39, 0.29) is 0 Å². The van der Waals surface area contributed by atoms with Gasteiger partial charge in [0.05, 0.1) is 7.11 Å². The highest BCUT2D eigenvalue weighted by Gasteiger charge is 2.53. The Morgan fingerprint density at radius 3 is 1.50 bits per heavy atom. The van der Waals surface area contributed by atoms with E-state index in [1.54, 1.807) is 0 Å². The average molecular weight is 356 g/mol. The number of halogens is 6. The van der Waals surface area contributed by atoms with Crippen LogP contribution >= 0.6 is 7.14 Å². The summed E-state index contributed by atoms with van der Waals surface area (Å²) in [7, 11) is -4.74. The zero-order valence-electron chi connectivity index (χ0n) is 11.2. The Kier molecular flexibility index (Phi) is 6.38.